The van der Waals surface area contributed by atoms with Crippen LogP contribution in [0.15, 0.2) is 12.2 Å². The van der Waals surface area contributed by atoms with E-state index in [1.54, 1.807) is 0 Å². The molecule has 0 saturated heterocycles. The summed E-state index contributed by atoms with van der Waals surface area (Å²) in [5.74, 6) is -0.721. The predicted molar refractivity (Wildman–Crippen MR) is 91.4 cm³/mol. The van der Waals surface area contributed by atoms with Crippen LogP contribution in [0.1, 0.15) is 83.5 Å². The number of aliphatic hydroxyl groups excluding tert-OH is 1. The average molecular weight is 330 g/mol. The van der Waals surface area contributed by atoms with Gasteiger partial charge in [0.2, 0.25) is 0 Å². The van der Waals surface area contributed by atoms with Gasteiger partial charge in [-0.15, -0.1) is 0 Å². The molecule has 0 aromatic carbocycles. The van der Waals surface area contributed by atoms with Crippen molar-refractivity contribution in [3.63, 3.8) is 0 Å². The van der Waals surface area contributed by atoms with Crippen molar-refractivity contribution >= 4 is 5.97 Å². The molecule has 0 aliphatic carbocycles. The van der Waals surface area contributed by atoms with Crippen molar-refractivity contribution in [2.24, 2.45) is 0 Å². The second-order valence-electron chi connectivity index (χ2n) is 6.05. The van der Waals surface area contributed by atoms with Gasteiger partial charge < -0.3 is 10.2 Å². The number of aliphatic carboxylic acids is 1. The largest absolute Gasteiger partial charge is 0.481 e. The third kappa shape index (κ3) is 17.3. The van der Waals surface area contributed by atoms with E-state index in [4.69, 9.17) is 15.5 Å². The summed E-state index contributed by atoms with van der Waals surface area (Å²) in [7, 11) is 0. The lowest BCUT2D eigenvalue weighted by Gasteiger charge is -2.08. The van der Waals surface area contributed by atoms with E-state index < -0.39 is 5.97 Å². The van der Waals surface area contributed by atoms with Crippen molar-refractivity contribution in [2.45, 2.75) is 89.6 Å². The minimum atomic E-state index is -0.721. The van der Waals surface area contributed by atoms with E-state index in [0.29, 0.717) is 0 Å². The summed E-state index contributed by atoms with van der Waals surface area (Å²) < 4.78 is 0. The van der Waals surface area contributed by atoms with Crippen LogP contribution in [0.25, 0.3) is 0 Å². The molecule has 0 fully saturated rings. The van der Waals surface area contributed by atoms with Crippen molar-refractivity contribution in [1.29, 1.82) is 0 Å². The van der Waals surface area contributed by atoms with Crippen molar-refractivity contribution in [2.75, 3.05) is 6.61 Å². The molecule has 0 radical (unpaired) electrons. The number of carbonyl (C=O) groups is 1. The average Bonchev–Trinajstić information content (AvgIpc) is 2.54. The number of hydrogen-bond donors (Lipinski definition) is 3. The predicted octanol–water partition coefficient (Wildman–Crippen LogP) is 4.55. The van der Waals surface area contributed by atoms with Gasteiger partial charge in [-0.2, -0.15) is 0 Å². The molecule has 5 heteroatoms. The highest BCUT2D eigenvalue weighted by Crippen LogP contribution is 2.12. The van der Waals surface area contributed by atoms with Gasteiger partial charge in [0.15, 0.2) is 0 Å². The first kappa shape index (κ1) is 22.1. The lowest BCUT2D eigenvalue weighted by Crippen LogP contribution is -2.06. The summed E-state index contributed by atoms with van der Waals surface area (Å²) in [5.41, 5.74) is 0. The summed E-state index contributed by atoms with van der Waals surface area (Å²) in [4.78, 5) is 14.8. The zero-order valence-electron chi connectivity index (χ0n) is 14.3. The van der Waals surface area contributed by atoms with Crippen LogP contribution in [0, 0.1) is 0 Å². The Morgan fingerprint density at radius 1 is 0.913 bits per heavy atom. The van der Waals surface area contributed by atoms with Crippen LogP contribution in [0.4, 0.5) is 0 Å². The van der Waals surface area contributed by atoms with Crippen LogP contribution in [0.2, 0.25) is 0 Å². The fourth-order valence-corrected chi connectivity index (χ4v) is 2.49. The van der Waals surface area contributed by atoms with Gasteiger partial charge in [0, 0.05) is 13.0 Å². The van der Waals surface area contributed by atoms with Gasteiger partial charge in [-0.05, 0) is 32.1 Å². The molecule has 0 aromatic rings. The molecular weight excluding hydrogens is 296 g/mol. The monoisotopic (exact) mass is 330 g/mol. The van der Waals surface area contributed by atoms with Crippen LogP contribution in [0.3, 0.4) is 0 Å². The lowest BCUT2D eigenvalue weighted by atomic mass is 10.1. The van der Waals surface area contributed by atoms with Crippen LogP contribution < -0.4 is 0 Å². The number of rotatable bonds is 17. The second kappa shape index (κ2) is 17.4. The number of carboxylic acids is 1. The highest BCUT2D eigenvalue weighted by molar-refractivity contribution is 5.66. The van der Waals surface area contributed by atoms with E-state index in [9.17, 15) is 4.79 Å². The molecule has 0 aliphatic rings. The second-order valence-corrected chi connectivity index (χ2v) is 6.05. The standard InChI is InChI=1S/C18H34O5/c19-16-12-8-4-3-6-10-14-17(23-22)13-9-5-1-2-7-11-15-18(20)21/h9,13,17,19,22H,1-8,10-12,14-16H2,(H,20,21)/b13-9+. The SMILES string of the molecule is O=C(O)CCCCCC/C=C/C(CCCCCCCCO)OO. The van der Waals surface area contributed by atoms with E-state index >= 15 is 0 Å². The Labute approximate surface area is 140 Å². The molecule has 1 atom stereocenters. The molecule has 0 heterocycles. The van der Waals surface area contributed by atoms with Gasteiger partial charge in [0.25, 0.3) is 0 Å². The number of hydrogen-bond acceptors (Lipinski definition) is 4. The smallest absolute Gasteiger partial charge is 0.303 e. The minimum absolute atomic E-state index is 0.223. The van der Waals surface area contributed by atoms with Crippen molar-refractivity contribution in [3.8, 4) is 0 Å². The molecule has 1 unspecified atom stereocenters. The van der Waals surface area contributed by atoms with Crippen molar-refractivity contribution < 1.29 is 25.2 Å². The Kier molecular flexibility index (Phi) is 16.8. The quantitative estimate of drug-likeness (QED) is 0.158. The molecule has 23 heavy (non-hydrogen) atoms. The Hall–Kier alpha value is -0.910. The summed E-state index contributed by atoms with van der Waals surface area (Å²) in [6.45, 7) is 0.283. The molecule has 0 aliphatic heterocycles. The number of allylic oxidation sites excluding steroid dienone is 1. The first-order chi connectivity index (χ1) is 11.2. The Balaban J connectivity index is 3.47. The van der Waals surface area contributed by atoms with E-state index in [0.717, 1.165) is 77.0 Å². The summed E-state index contributed by atoms with van der Waals surface area (Å²) >= 11 is 0. The number of unbranched alkanes of at least 4 members (excludes halogenated alkanes) is 9. The molecule has 0 saturated carbocycles. The third-order valence-electron chi connectivity index (χ3n) is 3.89. The van der Waals surface area contributed by atoms with Crippen molar-refractivity contribution in [1.82, 2.24) is 0 Å². The maximum atomic E-state index is 10.4. The molecule has 0 rings (SSSR count). The number of carboxylic acid groups (broad SMARTS) is 1. The first-order valence-electron chi connectivity index (χ1n) is 9.00. The fourth-order valence-electron chi connectivity index (χ4n) is 2.49. The maximum absolute atomic E-state index is 10.4. The molecule has 0 aromatic heterocycles. The van der Waals surface area contributed by atoms with Crippen LogP contribution >= 0.6 is 0 Å². The normalized spacial score (nSPS) is 12.8. The zero-order valence-corrected chi connectivity index (χ0v) is 14.3. The summed E-state index contributed by atoms with van der Waals surface area (Å²) in [6, 6.07) is 0. The molecular formula is C18H34O5. The summed E-state index contributed by atoms with van der Waals surface area (Å²) in [6.07, 6.45) is 16.0. The third-order valence-corrected chi connectivity index (χ3v) is 3.89. The van der Waals surface area contributed by atoms with E-state index in [1.807, 2.05) is 12.2 Å². The molecule has 0 bridgehead atoms. The lowest BCUT2D eigenvalue weighted by molar-refractivity contribution is -0.267. The van der Waals surface area contributed by atoms with E-state index in [2.05, 4.69) is 4.89 Å². The molecule has 5 nitrogen and oxygen atoms in total. The Morgan fingerprint density at radius 2 is 1.52 bits per heavy atom. The van der Waals surface area contributed by atoms with Gasteiger partial charge in [0.05, 0.1) is 0 Å². The van der Waals surface area contributed by atoms with Gasteiger partial charge in [-0.25, -0.2) is 4.89 Å². The highest BCUT2D eigenvalue weighted by Gasteiger charge is 2.04. The van der Waals surface area contributed by atoms with Crippen LogP contribution in [-0.4, -0.2) is 34.2 Å². The maximum Gasteiger partial charge on any atom is 0.303 e. The zero-order chi connectivity index (χ0) is 17.2. The first-order valence-corrected chi connectivity index (χ1v) is 9.00. The Bertz CT molecular complexity index is 291. The molecule has 3 N–H and O–H groups in total. The highest BCUT2D eigenvalue weighted by atomic mass is 17.1. The number of aliphatic hydroxyl groups is 1. The van der Waals surface area contributed by atoms with E-state index in [1.165, 1.54) is 0 Å². The fraction of sp³-hybridized carbons (Fsp3) is 0.833. The van der Waals surface area contributed by atoms with Crippen LogP contribution in [-0.2, 0) is 9.68 Å². The van der Waals surface area contributed by atoms with Crippen LogP contribution in [0.5, 0.6) is 0 Å². The molecule has 136 valence electrons. The Morgan fingerprint density at radius 3 is 2.17 bits per heavy atom. The molecule has 0 spiro atoms. The van der Waals surface area contributed by atoms with Gasteiger partial charge >= 0.3 is 5.97 Å². The summed E-state index contributed by atoms with van der Waals surface area (Å²) in [5, 5.41) is 26.1. The van der Waals surface area contributed by atoms with E-state index in [-0.39, 0.29) is 19.1 Å². The topological polar surface area (TPSA) is 87.0 Å². The molecule has 0 amide bonds. The van der Waals surface area contributed by atoms with Gasteiger partial charge in [0.1, 0.15) is 6.10 Å². The van der Waals surface area contributed by atoms with Gasteiger partial charge in [-0.3, -0.25) is 10.1 Å². The van der Waals surface area contributed by atoms with Gasteiger partial charge in [-0.1, -0.05) is 57.1 Å². The minimum Gasteiger partial charge on any atom is -0.481 e. The van der Waals surface area contributed by atoms with Crippen molar-refractivity contribution in [3.05, 3.63) is 12.2 Å².